The average molecular weight is 261 g/mol. The van der Waals surface area contributed by atoms with E-state index in [2.05, 4.69) is 28.2 Å². The van der Waals surface area contributed by atoms with Crippen LogP contribution in [0, 0.1) is 0 Å². The van der Waals surface area contributed by atoms with Crippen molar-refractivity contribution in [2.45, 2.75) is 6.54 Å². The molecule has 2 N–H and O–H groups in total. The Morgan fingerprint density at radius 3 is 2.45 bits per heavy atom. The monoisotopic (exact) mass is 261 g/mol. The van der Waals surface area contributed by atoms with Gasteiger partial charge in [0, 0.05) is 17.1 Å². The molecule has 1 aliphatic heterocycles. The van der Waals surface area contributed by atoms with Gasteiger partial charge in [0.15, 0.2) is 0 Å². The van der Waals surface area contributed by atoms with Gasteiger partial charge in [0.1, 0.15) is 5.84 Å². The van der Waals surface area contributed by atoms with Crippen molar-refractivity contribution in [2.24, 2.45) is 10.7 Å². The molecule has 2 heterocycles. The summed E-state index contributed by atoms with van der Waals surface area (Å²) in [5, 5.41) is 1.20. The second kappa shape index (κ2) is 5.53. The molecule has 1 aromatic heterocycles. The SMILES string of the molecule is NC1=NCc2ccccc21.c1ccc2ncccc2c1. The van der Waals surface area contributed by atoms with Crippen LogP contribution < -0.4 is 5.73 Å². The van der Waals surface area contributed by atoms with Crippen LogP contribution in [0.5, 0.6) is 0 Å². The van der Waals surface area contributed by atoms with Gasteiger partial charge < -0.3 is 5.73 Å². The summed E-state index contributed by atoms with van der Waals surface area (Å²) in [5.41, 5.74) is 8.99. The van der Waals surface area contributed by atoms with E-state index in [9.17, 15) is 0 Å². The molecule has 3 aromatic rings. The first-order chi connectivity index (χ1) is 9.84. The molecule has 3 nitrogen and oxygen atoms in total. The maximum absolute atomic E-state index is 5.60. The summed E-state index contributed by atoms with van der Waals surface area (Å²) >= 11 is 0. The number of rotatable bonds is 0. The van der Waals surface area contributed by atoms with Crippen molar-refractivity contribution in [2.75, 3.05) is 0 Å². The molecule has 98 valence electrons. The molecule has 0 amide bonds. The number of fused-ring (bicyclic) bond motifs is 2. The minimum atomic E-state index is 0.676. The lowest BCUT2D eigenvalue weighted by Crippen LogP contribution is -2.09. The largest absolute Gasteiger partial charge is 0.383 e. The van der Waals surface area contributed by atoms with Crippen molar-refractivity contribution in [3.05, 3.63) is 78.0 Å². The molecule has 0 atom stereocenters. The molecule has 0 saturated heterocycles. The second-order valence-corrected chi connectivity index (χ2v) is 4.55. The summed E-state index contributed by atoms with van der Waals surface area (Å²) in [6.07, 6.45) is 1.81. The normalized spacial score (nSPS) is 12.3. The molecular formula is C17H15N3. The second-order valence-electron chi connectivity index (χ2n) is 4.55. The van der Waals surface area contributed by atoms with Gasteiger partial charge in [-0.25, -0.2) is 0 Å². The smallest absolute Gasteiger partial charge is 0.126 e. The number of hydrogen-bond acceptors (Lipinski definition) is 3. The summed E-state index contributed by atoms with van der Waals surface area (Å²) in [7, 11) is 0. The zero-order chi connectivity index (χ0) is 13.8. The Kier molecular flexibility index (Phi) is 3.42. The van der Waals surface area contributed by atoms with Crippen LogP contribution in [0.15, 0.2) is 71.9 Å². The third-order valence-electron chi connectivity index (χ3n) is 3.23. The lowest BCUT2D eigenvalue weighted by molar-refractivity contribution is 1.11. The summed E-state index contributed by atoms with van der Waals surface area (Å²) in [6.45, 7) is 0.752. The minimum Gasteiger partial charge on any atom is -0.383 e. The van der Waals surface area contributed by atoms with E-state index in [4.69, 9.17) is 5.73 Å². The van der Waals surface area contributed by atoms with Crippen molar-refractivity contribution in [3.63, 3.8) is 0 Å². The summed E-state index contributed by atoms with van der Waals surface area (Å²) in [6, 6.07) is 20.1. The third-order valence-corrected chi connectivity index (χ3v) is 3.23. The molecule has 2 aromatic carbocycles. The molecule has 20 heavy (non-hydrogen) atoms. The minimum absolute atomic E-state index is 0.676. The van der Waals surface area contributed by atoms with Gasteiger partial charge in [-0.1, -0.05) is 48.5 Å². The Morgan fingerprint density at radius 1 is 0.850 bits per heavy atom. The Labute approximate surface area is 117 Å². The summed E-state index contributed by atoms with van der Waals surface area (Å²) in [5.74, 6) is 0.676. The van der Waals surface area contributed by atoms with Crippen molar-refractivity contribution >= 4 is 16.7 Å². The van der Waals surface area contributed by atoms with E-state index in [1.807, 2.05) is 48.7 Å². The molecule has 1 aliphatic rings. The van der Waals surface area contributed by atoms with E-state index < -0.39 is 0 Å². The van der Waals surface area contributed by atoms with Gasteiger partial charge in [0.25, 0.3) is 0 Å². The molecule has 0 spiro atoms. The Balaban J connectivity index is 0.000000121. The fourth-order valence-corrected chi connectivity index (χ4v) is 2.18. The number of nitrogens with zero attached hydrogens (tertiary/aromatic N) is 2. The van der Waals surface area contributed by atoms with Gasteiger partial charge in [-0.3, -0.25) is 9.98 Å². The van der Waals surface area contributed by atoms with Gasteiger partial charge in [-0.05, 0) is 17.7 Å². The topological polar surface area (TPSA) is 51.3 Å². The van der Waals surface area contributed by atoms with Gasteiger partial charge >= 0.3 is 0 Å². The van der Waals surface area contributed by atoms with E-state index in [1.54, 1.807) is 0 Å². The number of aliphatic imine (C=N–C) groups is 1. The number of pyridine rings is 1. The van der Waals surface area contributed by atoms with Crippen molar-refractivity contribution in [3.8, 4) is 0 Å². The molecular weight excluding hydrogens is 246 g/mol. The van der Waals surface area contributed by atoms with Crippen LogP contribution in [0.25, 0.3) is 10.9 Å². The lowest BCUT2D eigenvalue weighted by Gasteiger charge is -1.94. The fourth-order valence-electron chi connectivity index (χ4n) is 2.18. The Morgan fingerprint density at radius 2 is 1.60 bits per heavy atom. The first-order valence-electron chi connectivity index (χ1n) is 6.52. The molecule has 0 unspecified atom stereocenters. The number of aromatic nitrogens is 1. The molecule has 0 bridgehead atoms. The van der Waals surface area contributed by atoms with Crippen LogP contribution in [0.4, 0.5) is 0 Å². The Bertz CT molecular complexity index is 697. The van der Waals surface area contributed by atoms with E-state index in [1.165, 1.54) is 10.9 Å². The number of para-hydroxylation sites is 1. The molecule has 0 aliphatic carbocycles. The maximum atomic E-state index is 5.60. The van der Waals surface area contributed by atoms with Crippen LogP contribution in [-0.4, -0.2) is 10.8 Å². The number of amidine groups is 1. The van der Waals surface area contributed by atoms with Crippen LogP contribution in [0.3, 0.4) is 0 Å². The third kappa shape index (κ3) is 2.52. The predicted octanol–water partition coefficient (Wildman–Crippen LogP) is 3.14. The molecule has 0 fully saturated rings. The van der Waals surface area contributed by atoms with Crippen molar-refractivity contribution in [1.82, 2.24) is 4.98 Å². The highest BCUT2D eigenvalue weighted by Gasteiger charge is 2.09. The molecule has 0 saturated carbocycles. The van der Waals surface area contributed by atoms with E-state index in [0.717, 1.165) is 17.6 Å². The van der Waals surface area contributed by atoms with Gasteiger partial charge in [0.2, 0.25) is 0 Å². The first kappa shape index (κ1) is 12.4. The molecule has 0 radical (unpaired) electrons. The van der Waals surface area contributed by atoms with Crippen LogP contribution in [0.1, 0.15) is 11.1 Å². The molecule has 4 rings (SSSR count). The van der Waals surface area contributed by atoms with Crippen LogP contribution in [-0.2, 0) is 6.54 Å². The lowest BCUT2D eigenvalue weighted by atomic mass is 10.1. The van der Waals surface area contributed by atoms with Gasteiger partial charge in [-0.15, -0.1) is 0 Å². The first-order valence-corrected chi connectivity index (χ1v) is 6.52. The van der Waals surface area contributed by atoms with E-state index >= 15 is 0 Å². The van der Waals surface area contributed by atoms with Crippen molar-refractivity contribution < 1.29 is 0 Å². The number of hydrogen-bond donors (Lipinski definition) is 1. The molecule has 3 heteroatoms. The number of benzene rings is 2. The predicted molar refractivity (Wildman–Crippen MR) is 82.6 cm³/mol. The van der Waals surface area contributed by atoms with E-state index in [0.29, 0.717) is 5.84 Å². The van der Waals surface area contributed by atoms with Gasteiger partial charge in [0.05, 0.1) is 12.1 Å². The van der Waals surface area contributed by atoms with Crippen LogP contribution in [0.2, 0.25) is 0 Å². The zero-order valence-corrected chi connectivity index (χ0v) is 11.0. The van der Waals surface area contributed by atoms with Crippen LogP contribution >= 0.6 is 0 Å². The number of nitrogens with two attached hydrogens (primary N) is 1. The highest BCUT2D eigenvalue weighted by molar-refractivity contribution is 6.00. The Hall–Kier alpha value is -2.68. The van der Waals surface area contributed by atoms with E-state index in [-0.39, 0.29) is 0 Å². The van der Waals surface area contributed by atoms with Gasteiger partial charge in [-0.2, -0.15) is 0 Å². The fraction of sp³-hybridized carbons (Fsp3) is 0.0588. The zero-order valence-electron chi connectivity index (χ0n) is 11.0. The maximum Gasteiger partial charge on any atom is 0.126 e. The highest BCUT2D eigenvalue weighted by atomic mass is 14.9. The highest BCUT2D eigenvalue weighted by Crippen LogP contribution is 2.15. The van der Waals surface area contributed by atoms with Crippen molar-refractivity contribution in [1.29, 1.82) is 0 Å². The standard InChI is InChI=1S/C9H7N.C8H8N2/c1-2-6-9-8(4-1)5-3-7-10-9;9-8-7-4-2-1-3-6(7)5-10-8/h1-7H;1-4H,5H2,(H2,9,10). The quantitative estimate of drug-likeness (QED) is 0.676. The summed E-state index contributed by atoms with van der Waals surface area (Å²) < 4.78 is 0. The average Bonchev–Trinajstić information content (AvgIpc) is 2.90. The summed E-state index contributed by atoms with van der Waals surface area (Å²) in [4.78, 5) is 8.28.